The molecule has 0 aliphatic heterocycles. The number of benzene rings is 1. The Labute approximate surface area is 117 Å². The van der Waals surface area contributed by atoms with E-state index in [1.165, 1.54) is 16.7 Å². The van der Waals surface area contributed by atoms with E-state index >= 15 is 0 Å². The van der Waals surface area contributed by atoms with E-state index in [9.17, 15) is 0 Å². The van der Waals surface area contributed by atoms with E-state index in [2.05, 4.69) is 36.4 Å². The highest BCUT2D eigenvalue weighted by Gasteiger charge is 2.06. The lowest BCUT2D eigenvalue weighted by atomic mass is 10.1. The number of fused-ring (bicyclic) bond motifs is 1. The van der Waals surface area contributed by atoms with Crippen LogP contribution in [0, 0.1) is 0 Å². The van der Waals surface area contributed by atoms with Gasteiger partial charge in [-0.25, -0.2) is 0 Å². The van der Waals surface area contributed by atoms with Crippen LogP contribution in [0.5, 0.6) is 0 Å². The van der Waals surface area contributed by atoms with E-state index in [4.69, 9.17) is 11.6 Å². The molecule has 0 saturated heterocycles. The number of hydrogen-bond acceptors (Lipinski definition) is 2. The second-order valence-corrected chi connectivity index (χ2v) is 6.20. The minimum absolute atomic E-state index is 0.534. The topological polar surface area (TPSA) is 27.8 Å². The van der Waals surface area contributed by atoms with Crippen LogP contribution in [0.4, 0.5) is 0 Å². The van der Waals surface area contributed by atoms with Crippen molar-refractivity contribution in [2.24, 2.45) is 0 Å². The van der Waals surface area contributed by atoms with Crippen LogP contribution in [0.15, 0.2) is 24.4 Å². The largest absolute Gasteiger partial charge is 0.361 e. The Morgan fingerprint density at radius 2 is 2.28 bits per heavy atom. The minimum atomic E-state index is 0.534. The third-order valence-electron chi connectivity index (χ3n) is 2.94. The van der Waals surface area contributed by atoms with Crippen molar-refractivity contribution < 1.29 is 0 Å². The van der Waals surface area contributed by atoms with Crippen molar-refractivity contribution in [2.45, 2.75) is 26.4 Å². The third-order valence-corrected chi connectivity index (χ3v) is 4.32. The maximum absolute atomic E-state index is 5.97. The summed E-state index contributed by atoms with van der Waals surface area (Å²) >= 11 is 7.95. The summed E-state index contributed by atoms with van der Waals surface area (Å²) in [5.41, 5.74) is 2.41. The first kappa shape index (κ1) is 13.8. The van der Waals surface area contributed by atoms with Crippen molar-refractivity contribution in [3.8, 4) is 0 Å². The van der Waals surface area contributed by atoms with Gasteiger partial charge in [0.25, 0.3) is 0 Å². The molecule has 4 heteroatoms. The van der Waals surface area contributed by atoms with Crippen LogP contribution < -0.4 is 5.32 Å². The summed E-state index contributed by atoms with van der Waals surface area (Å²) in [6.07, 6.45) is 2.06. The van der Waals surface area contributed by atoms with Crippen LogP contribution in [0.2, 0.25) is 5.02 Å². The average Bonchev–Trinajstić information content (AvgIpc) is 2.76. The van der Waals surface area contributed by atoms with E-state index in [1.807, 2.05) is 23.9 Å². The van der Waals surface area contributed by atoms with Crippen LogP contribution in [0.3, 0.4) is 0 Å². The van der Waals surface area contributed by atoms with Gasteiger partial charge in [-0.05, 0) is 30.4 Å². The molecule has 2 N–H and O–H groups in total. The molecule has 1 aromatic heterocycles. The fraction of sp³-hybridized carbons (Fsp3) is 0.429. The molecule has 0 bridgehead atoms. The summed E-state index contributed by atoms with van der Waals surface area (Å²) < 4.78 is 0. The highest BCUT2D eigenvalue weighted by atomic mass is 35.5. The number of halogens is 1. The molecule has 0 fully saturated rings. The van der Waals surface area contributed by atoms with Gasteiger partial charge in [0.05, 0.1) is 0 Å². The summed E-state index contributed by atoms with van der Waals surface area (Å²) in [6.45, 7) is 5.32. The molecule has 1 aromatic carbocycles. The Morgan fingerprint density at radius 1 is 1.44 bits per heavy atom. The van der Waals surface area contributed by atoms with E-state index in [-0.39, 0.29) is 0 Å². The summed E-state index contributed by atoms with van der Waals surface area (Å²) in [5, 5.41) is 5.58. The predicted octanol–water partition coefficient (Wildman–Crippen LogP) is 4.05. The zero-order chi connectivity index (χ0) is 13.0. The quantitative estimate of drug-likeness (QED) is 0.836. The van der Waals surface area contributed by atoms with E-state index in [1.54, 1.807) is 0 Å². The fourth-order valence-corrected chi connectivity index (χ4v) is 2.82. The van der Waals surface area contributed by atoms with Gasteiger partial charge in [-0.3, -0.25) is 0 Å². The van der Waals surface area contributed by atoms with Crippen molar-refractivity contribution in [1.29, 1.82) is 0 Å². The van der Waals surface area contributed by atoms with Gasteiger partial charge in [-0.15, -0.1) is 0 Å². The monoisotopic (exact) mass is 282 g/mol. The van der Waals surface area contributed by atoms with Gasteiger partial charge in [0.1, 0.15) is 0 Å². The molecule has 2 aromatic rings. The first-order valence-corrected chi connectivity index (χ1v) is 7.80. The van der Waals surface area contributed by atoms with Crippen LogP contribution >= 0.6 is 23.4 Å². The number of thioether (sulfide) groups is 1. The molecule has 0 radical (unpaired) electrons. The lowest BCUT2D eigenvalue weighted by molar-refractivity contribution is 0.598. The summed E-state index contributed by atoms with van der Waals surface area (Å²) in [5.74, 6) is 2.34. The number of nitrogens with one attached hydrogen (secondary N) is 2. The highest BCUT2D eigenvalue weighted by molar-refractivity contribution is 7.99. The zero-order valence-corrected chi connectivity index (χ0v) is 12.4. The number of aromatic nitrogens is 1. The van der Waals surface area contributed by atoms with Gasteiger partial charge in [-0.2, -0.15) is 11.8 Å². The van der Waals surface area contributed by atoms with Gasteiger partial charge < -0.3 is 10.3 Å². The number of rotatable bonds is 6. The molecule has 0 aliphatic carbocycles. The molecule has 0 saturated carbocycles. The van der Waals surface area contributed by atoms with Crippen LogP contribution in [0.25, 0.3) is 10.9 Å². The highest BCUT2D eigenvalue weighted by Crippen LogP contribution is 2.22. The van der Waals surface area contributed by atoms with Gasteiger partial charge in [0.2, 0.25) is 0 Å². The van der Waals surface area contributed by atoms with Crippen molar-refractivity contribution in [3.63, 3.8) is 0 Å². The van der Waals surface area contributed by atoms with Crippen molar-refractivity contribution >= 4 is 34.3 Å². The van der Waals surface area contributed by atoms with Crippen molar-refractivity contribution in [3.05, 3.63) is 35.0 Å². The molecule has 0 amide bonds. The number of aromatic amines is 1. The predicted molar refractivity (Wildman–Crippen MR) is 82.6 cm³/mol. The molecule has 1 heterocycles. The van der Waals surface area contributed by atoms with Crippen LogP contribution in [-0.4, -0.2) is 22.5 Å². The molecule has 1 unspecified atom stereocenters. The second kappa shape index (κ2) is 6.50. The smallest absolute Gasteiger partial charge is 0.0472 e. The van der Waals surface area contributed by atoms with Crippen molar-refractivity contribution in [1.82, 2.24) is 10.3 Å². The van der Waals surface area contributed by atoms with E-state index in [0.29, 0.717) is 6.04 Å². The molecular formula is C14H19ClN2S. The summed E-state index contributed by atoms with van der Waals surface area (Å²) in [7, 11) is 0. The Bertz CT molecular complexity index is 509. The molecule has 18 heavy (non-hydrogen) atoms. The minimum Gasteiger partial charge on any atom is -0.361 e. The molecule has 0 spiro atoms. The first-order valence-electron chi connectivity index (χ1n) is 6.27. The Morgan fingerprint density at radius 3 is 3.06 bits per heavy atom. The van der Waals surface area contributed by atoms with E-state index in [0.717, 1.165) is 22.8 Å². The Balaban J connectivity index is 1.99. The molecule has 2 nitrogen and oxygen atoms in total. The van der Waals surface area contributed by atoms with Gasteiger partial charge >= 0.3 is 0 Å². The summed E-state index contributed by atoms with van der Waals surface area (Å²) in [4.78, 5) is 3.27. The summed E-state index contributed by atoms with van der Waals surface area (Å²) in [6, 6.07) is 6.53. The van der Waals surface area contributed by atoms with Gasteiger partial charge in [-0.1, -0.05) is 24.6 Å². The van der Waals surface area contributed by atoms with Crippen LogP contribution in [0.1, 0.15) is 19.4 Å². The molecule has 1 atom stereocenters. The lowest BCUT2D eigenvalue weighted by Crippen LogP contribution is -2.27. The Kier molecular flexibility index (Phi) is 4.98. The first-order chi connectivity index (χ1) is 8.70. The molecule has 2 rings (SSSR count). The zero-order valence-electron chi connectivity index (χ0n) is 10.8. The second-order valence-electron chi connectivity index (χ2n) is 4.45. The van der Waals surface area contributed by atoms with Gasteiger partial charge in [0.15, 0.2) is 0 Å². The number of hydrogen-bond donors (Lipinski definition) is 2. The van der Waals surface area contributed by atoms with Crippen LogP contribution in [-0.2, 0) is 6.54 Å². The third kappa shape index (κ3) is 3.44. The maximum Gasteiger partial charge on any atom is 0.0472 e. The normalized spacial score (nSPS) is 13.1. The van der Waals surface area contributed by atoms with E-state index < -0.39 is 0 Å². The number of H-pyrrole nitrogens is 1. The molecule has 0 aliphatic rings. The maximum atomic E-state index is 5.97. The fourth-order valence-electron chi connectivity index (χ4n) is 1.94. The lowest BCUT2D eigenvalue weighted by Gasteiger charge is -2.12. The Hall–Kier alpha value is -0.640. The molecule has 98 valence electrons. The van der Waals surface area contributed by atoms with Gasteiger partial charge in [0, 0.05) is 40.5 Å². The standard InChI is InChI=1S/C14H19ClN2S/c1-3-18-9-10(2)16-7-11-8-17-14-6-12(15)4-5-13(11)14/h4-6,8,10,16-17H,3,7,9H2,1-2H3. The SMILES string of the molecule is CCSCC(C)NCc1c[nH]c2cc(Cl)ccc12. The van der Waals surface area contributed by atoms with Crippen molar-refractivity contribution in [2.75, 3.05) is 11.5 Å². The molecular weight excluding hydrogens is 264 g/mol. The average molecular weight is 283 g/mol.